The third kappa shape index (κ3) is 2.71. The lowest BCUT2D eigenvalue weighted by molar-refractivity contribution is -0.202. The second-order valence-electron chi connectivity index (χ2n) is 5.49. The molecule has 0 bridgehead atoms. The summed E-state index contributed by atoms with van der Waals surface area (Å²) in [6.07, 6.45) is 2.79. The molecule has 0 N–H and O–H groups in total. The first kappa shape index (κ1) is 13.6. The summed E-state index contributed by atoms with van der Waals surface area (Å²) in [5, 5.41) is 9.49. The van der Waals surface area contributed by atoms with Gasteiger partial charge < -0.3 is 14.2 Å². The van der Waals surface area contributed by atoms with Crippen molar-refractivity contribution < 1.29 is 14.2 Å². The number of hydrogen-bond donors (Lipinski definition) is 0. The zero-order chi connectivity index (χ0) is 13.9. The van der Waals surface area contributed by atoms with Crippen molar-refractivity contribution in [1.29, 1.82) is 5.26 Å². The largest absolute Gasteiger partial charge is 0.355 e. The quantitative estimate of drug-likeness (QED) is 0.849. The Labute approximate surface area is 119 Å². The van der Waals surface area contributed by atoms with Gasteiger partial charge in [0.25, 0.3) is 0 Å². The van der Waals surface area contributed by atoms with Crippen molar-refractivity contribution in [2.75, 3.05) is 13.2 Å². The second-order valence-corrected chi connectivity index (χ2v) is 5.49. The molecule has 2 fully saturated rings. The monoisotopic (exact) mass is 273 g/mol. The lowest BCUT2D eigenvalue weighted by Gasteiger charge is -2.39. The van der Waals surface area contributed by atoms with Gasteiger partial charge >= 0.3 is 0 Å². The Balaban J connectivity index is 1.61. The maximum absolute atomic E-state index is 9.49. The van der Waals surface area contributed by atoms with Crippen LogP contribution in [0.25, 0.3) is 0 Å². The fraction of sp³-hybridized carbons (Fsp3) is 0.562. The summed E-state index contributed by atoms with van der Waals surface area (Å²) >= 11 is 0. The van der Waals surface area contributed by atoms with Crippen LogP contribution in [0.1, 0.15) is 31.2 Å². The lowest BCUT2D eigenvalue weighted by Crippen LogP contribution is -2.44. The summed E-state index contributed by atoms with van der Waals surface area (Å²) < 4.78 is 17.3. The van der Waals surface area contributed by atoms with Gasteiger partial charge in [0, 0.05) is 12.8 Å². The normalized spacial score (nSPS) is 23.6. The molecular formula is C16H19NO3. The third-order valence-electron chi connectivity index (χ3n) is 4.19. The van der Waals surface area contributed by atoms with Crippen molar-refractivity contribution in [3.05, 3.63) is 35.9 Å². The molecule has 1 saturated heterocycles. The molecule has 0 unspecified atom stereocenters. The number of hydrogen-bond acceptors (Lipinski definition) is 4. The zero-order valence-electron chi connectivity index (χ0n) is 11.5. The Hall–Kier alpha value is -1.41. The molecule has 1 saturated carbocycles. The molecule has 1 aromatic carbocycles. The van der Waals surface area contributed by atoms with E-state index in [9.17, 15) is 5.26 Å². The van der Waals surface area contributed by atoms with Crippen LogP contribution in [0.4, 0.5) is 0 Å². The highest BCUT2D eigenvalue weighted by atomic mass is 16.7. The van der Waals surface area contributed by atoms with Crippen LogP contribution < -0.4 is 0 Å². The number of nitriles is 1. The van der Waals surface area contributed by atoms with Gasteiger partial charge in [0.2, 0.25) is 0 Å². The first-order chi connectivity index (χ1) is 9.76. The third-order valence-corrected chi connectivity index (χ3v) is 4.19. The molecule has 1 aliphatic carbocycles. The van der Waals surface area contributed by atoms with Crippen LogP contribution in [-0.4, -0.2) is 24.6 Å². The Kier molecular flexibility index (Phi) is 3.75. The summed E-state index contributed by atoms with van der Waals surface area (Å²) in [4.78, 5) is 0. The van der Waals surface area contributed by atoms with Gasteiger partial charge in [0.15, 0.2) is 11.4 Å². The molecule has 1 aromatic rings. The first-order valence-corrected chi connectivity index (χ1v) is 7.13. The molecule has 0 atom stereocenters. The standard InChI is InChI=1S/C16H19NO3/c17-13-15(20-12-14-4-2-1-3-5-14)6-8-16(9-7-15)18-10-11-19-16/h1-5H,6-12H2. The predicted octanol–water partition coefficient (Wildman–Crippen LogP) is 2.78. The van der Waals surface area contributed by atoms with E-state index in [0.717, 1.165) is 18.4 Å². The summed E-state index contributed by atoms with van der Waals surface area (Å²) in [5.74, 6) is -0.448. The summed E-state index contributed by atoms with van der Waals surface area (Å²) in [6, 6.07) is 12.3. The highest BCUT2D eigenvalue weighted by Gasteiger charge is 2.47. The van der Waals surface area contributed by atoms with Gasteiger partial charge in [0.1, 0.15) is 0 Å². The molecule has 2 aliphatic rings. The molecule has 106 valence electrons. The van der Waals surface area contributed by atoms with Crippen LogP contribution in [0.5, 0.6) is 0 Å². The Morgan fingerprint density at radius 1 is 1.05 bits per heavy atom. The average Bonchev–Trinajstić information content (AvgIpc) is 2.97. The fourth-order valence-electron chi connectivity index (χ4n) is 2.90. The van der Waals surface area contributed by atoms with Crippen molar-refractivity contribution >= 4 is 0 Å². The molecular weight excluding hydrogens is 254 g/mol. The highest BCUT2D eigenvalue weighted by Crippen LogP contribution is 2.41. The predicted molar refractivity (Wildman–Crippen MR) is 72.7 cm³/mol. The summed E-state index contributed by atoms with van der Waals surface area (Å²) in [6.45, 7) is 1.79. The van der Waals surface area contributed by atoms with Gasteiger partial charge in [-0.25, -0.2) is 0 Å². The minimum Gasteiger partial charge on any atom is -0.355 e. The minimum atomic E-state index is -0.698. The number of benzene rings is 1. The highest BCUT2D eigenvalue weighted by molar-refractivity contribution is 5.14. The van der Waals surface area contributed by atoms with Gasteiger partial charge in [0.05, 0.1) is 25.9 Å². The van der Waals surface area contributed by atoms with Crippen molar-refractivity contribution in [2.24, 2.45) is 0 Å². The lowest BCUT2D eigenvalue weighted by atomic mass is 9.82. The van der Waals surface area contributed by atoms with Crippen LogP contribution in [0.3, 0.4) is 0 Å². The number of rotatable bonds is 3. The molecule has 20 heavy (non-hydrogen) atoms. The van der Waals surface area contributed by atoms with E-state index < -0.39 is 11.4 Å². The molecule has 0 aromatic heterocycles. The van der Waals surface area contributed by atoms with Crippen molar-refractivity contribution in [3.63, 3.8) is 0 Å². The van der Waals surface area contributed by atoms with E-state index in [2.05, 4.69) is 6.07 Å². The van der Waals surface area contributed by atoms with E-state index >= 15 is 0 Å². The molecule has 1 spiro atoms. The summed E-state index contributed by atoms with van der Waals surface area (Å²) in [5.41, 5.74) is 0.395. The number of ether oxygens (including phenoxy) is 3. The van der Waals surface area contributed by atoms with Gasteiger partial charge in [-0.3, -0.25) is 0 Å². The summed E-state index contributed by atoms with van der Waals surface area (Å²) in [7, 11) is 0. The first-order valence-electron chi connectivity index (χ1n) is 7.13. The Morgan fingerprint density at radius 3 is 2.30 bits per heavy atom. The van der Waals surface area contributed by atoms with E-state index in [-0.39, 0.29) is 0 Å². The van der Waals surface area contributed by atoms with Gasteiger partial charge in [-0.1, -0.05) is 30.3 Å². The maximum Gasteiger partial charge on any atom is 0.168 e. The van der Waals surface area contributed by atoms with Gasteiger partial charge in [-0.2, -0.15) is 5.26 Å². The maximum atomic E-state index is 9.49. The molecule has 4 heteroatoms. The van der Waals surface area contributed by atoms with Crippen molar-refractivity contribution in [1.82, 2.24) is 0 Å². The molecule has 0 radical (unpaired) electrons. The average molecular weight is 273 g/mol. The molecule has 0 amide bonds. The topological polar surface area (TPSA) is 51.5 Å². The SMILES string of the molecule is N#CC1(OCc2ccccc2)CCC2(CC1)OCCO2. The van der Waals surface area contributed by atoms with Crippen LogP contribution in [0.2, 0.25) is 0 Å². The van der Waals surface area contributed by atoms with Gasteiger partial charge in [-0.15, -0.1) is 0 Å². The smallest absolute Gasteiger partial charge is 0.168 e. The van der Waals surface area contributed by atoms with E-state index in [4.69, 9.17) is 14.2 Å². The zero-order valence-corrected chi connectivity index (χ0v) is 11.5. The molecule has 1 aliphatic heterocycles. The second kappa shape index (κ2) is 5.53. The Morgan fingerprint density at radius 2 is 1.70 bits per heavy atom. The van der Waals surface area contributed by atoms with Crippen molar-refractivity contribution in [2.45, 2.75) is 43.7 Å². The van der Waals surface area contributed by atoms with Crippen LogP contribution >= 0.6 is 0 Å². The van der Waals surface area contributed by atoms with E-state index in [0.29, 0.717) is 32.7 Å². The van der Waals surface area contributed by atoms with Crippen LogP contribution in [0, 0.1) is 11.3 Å². The minimum absolute atomic E-state index is 0.448. The number of nitrogens with zero attached hydrogens (tertiary/aromatic N) is 1. The van der Waals surface area contributed by atoms with E-state index in [1.54, 1.807) is 0 Å². The van der Waals surface area contributed by atoms with Crippen molar-refractivity contribution in [3.8, 4) is 6.07 Å². The Bertz CT molecular complexity index is 478. The molecule has 1 heterocycles. The van der Waals surface area contributed by atoms with E-state index in [1.807, 2.05) is 30.3 Å². The van der Waals surface area contributed by atoms with Gasteiger partial charge in [-0.05, 0) is 18.4 Å². The van der Waals surface area contributed by atoms with Crippen LogP contribution in [0.15, 0.2) is 30.3 Å². The fourth-order valence-corrected chi connectivity index (χ4v) is 2.90. The molecule has 4 nitrogen and oxygen atoms in total. The van der Waals surface area contributed by atoms with E-state index in [1.165, 1.54) is 0 Å². The van der Waals surface area contributed by atoms with Crippen LogP contribution in [-0.2, 0) is 20.8 Å². The molecule has 3 rings (SSSR count).